The number of hydrogen-bond acceptors (Lipinski definition) is 0. The zero-order valence-electron chi connectivity index (χ0n) is 24.4. The van der Waals surface area contributed by atoms with Crippen molar-refractivity contribution >= 4 is 20.9 Å². The molecule has 0 aliphatic rings. The molecule has 190 valence electrons. The fraction of sp³-hybridized carbons (Fsp3) is 0.500. The van der Waals surface area contributed by atoms with Crippen LogP contribution in [0.4, 0.5) is 0 Å². The fourth-order valence-electron chi connectivity index (χ4n) is 2.13. The molecule has 1 aromatic rings. The summed E-state index contributed by atoms with van der Waals surface area (Å²) >= 11 is 0. The van der Waals surface area contributed by atoms with Gasteiger partial charge in [0, 0.05) is 0 Å². The summed E-state index contributed by atoms with van der Waals surface area (Å²) in [5.41, 5.74) is 8.53. The first kappa shape index (κ1) is 35.9. The number of aryl methyl sites for hydroxylation is 2. The van der Waals surface area contributed by atoms with Gasteiger partial charge in [-0.1, -0.05) is 119 Å². The van der Waals surface area contributed by atoms with Gasteiger partial charge in [-0.05, 0) is 82.4 Å². The Morgan fingerprint density at radius 1 is 0.818 bits per heavy atom. The molecule has 0 spiro atoms. The molecule has 33 heavy (non-hydrogen) atoms. The summed E-state index contributed by atoms with van der Waals surface area (Å²) in [6.45, 7) is 31.2. The largest absolute Gasteiger partial charge is 0.190 e. The molecule has 0 atom stereocenters. The molecule has 0 unspecified atom stereocenters. The Bertz CT molecular complexity index is 859. The van der Waals surface area contributed by atoms with Crippen LogP contribution in [0, 0.1) is 13.8 Å². The molecule has 0 bridgehead atoms. The average Bonchev–Trinajstić information content (AvgIpc) is 2.74. The van der Waals surface area contributed by atoms with Crippen LogP contribution in [-0.4, -0.2) is 18.0 Å². The van der Waals surface area contributed by atoms with Gasteiger partial charge in [-0.3, -0.25) is 0 Å². The van der Waals surface area contributed by atoms with E-state index in [4.69, 9.17) is 0 Å². The quantitative estimate of drug-likeness (QED) is 0.285. The minimum atomic E-state index is -1.06. The summed E-state index contributed by atoms with van der Waals surface area (Å²) in [6.07, 6.45) is 9.56. The predicted molar refractivity (Wildman–Crippen MR) is 165 cm³/mol. The molecular formula is C32H56S. The second kappa shape index (κ2) is 19.7. The summed E-state index contributed by atoms with van der Waals surface area (Å²) < 4.78 is 0. The standard InChI is InChI=1S/C13H20.C11H16S.2C4H10/c1-9(2)11(5)8-12(6)13(7)10(3)4;1-9-6-7-10(2)11(8-9)12(3,4)5;2*1-3-4-2/h8H,3,7H2,1-2,4-6H3;6-8H,3-4H2,1-2,5H3;2*3-4H2,1-2H3/b12-8-;;;. The van der Waals surface area contributed by atoms with E-state index < -0.39 is 9.21 Å². The van der Waals surface area contributed by atoms with E-state index >= 15 is 0 Å². The van der Waals surface area contributed by atoms with Crippen LogP contribution in [0.15, 0.2) is 70.2 Å². The number of rotatable bonds is 6. The lowest BCUT2D eigenvalue weighted by Crippen LogP contribution is -1.86. The number of unbranched alkanes of at least 4 members (excludes halogenated alkanes) is 2. The van der Waals surface area contributed by atoms with E-state index in [1.807, 2.05) is 6.92 Å². The molecule has 0 nitrogen and oxygen atoms in total. The molecule has 0 saturated heterocycles. The first-order chi connectivity index (χ1) is 15.1. The molecule has 0 aliphatic heterocycles. The topological polar surface area (TPSA) is 0 Å². The Hall–Kier alpha value is -1.73. The molecule has 1 rings (SSSR count). The molecule has 0 amide bonds. The van der Waals surface area contributed by atoms with Crippen molar-refractivity contribution in [1.29, 1.82) is 0 Å². The normalized spacial score (nSPS) is 10.4. The summed E-state index contributed by atoms with van der Waals surface area (Å²) in [5.74, 6) is 8.23. The molecule has 0 N–H and O–H groups in total. The van der Waals surface area contributed by atoms with Crippen molar-refractivity contribution in [2.45, 2.75) is 107 Å². The zero-order chi connectivity index (χ0) is 26.8. The third-order valence-electron chi connectivity index (χ3n) is 5.09. The Balaban J connectivity index is -0.000000413. The maximum Gasteiger partial charge on any atom is -0.000965 e. The predicted octanol–water partition coefficient (Wildman–Crippen LogP) is 11.0. The average molecular weight is 473 g/mol. The Labute approximate surface area is 210 Å². The Morgan fingerprint density at radius 3 is 1.52 bits per heavy atom. The molecule has 0 heterocycles. The van der Waals surface area contributed by atoms with Crippen LogP contribution in [0.3, 0.4) is 0 Å². The van der Waals surface area contributed by atoms with Gasteiger partial charge in [-0.2, -0.15) is 9.21 Å². The maximum atomic E-state index is 4.11. The van der Waals surface area contributed by atoms with Crippen molar-refractivity contribution in [3.63, 3.8) is 0 Å². The molecule has 0 aliphatic carbocycles. The second-order valence-electron chi connectivity index (χ2n) is 9.31. The minimum absolute atomic E-state index is 1.04. The highest BCUT2D eigenvalue weighted by atomic mass is 32.2. The maximum absolute atomic E-state index is 4.11. The zero-order valence-corrected chi connectivity index (χ0v) is 25.2. The third kappa shape index (κ3) is 19.4. The van der Waals surface area contributed by atoms with E-state index in [0.717, 1.165) is 11.1 Å². The molecular weight excluding hydrogens is 416 g/mol. The third-order valence-corrected chi connectivity index (χ3v) is 6.59. The smallest absolute Gasteiger partial charge is 0.000965 e. The van der Waals surface area contributed by atoms with Crippen molar-refractivity contribution in [2.75, 3.05) is 6.26 Å². The highest BCUT2D eigenvalue weighted by Gasteiger charge is 2.00. The van der Waals surface area contributed by atoms with Crippen molar-refractivity contribution < 1.29 is 0 Å². The van der Waals surface area contributed by atoms with E-state index in [9.17, 15) is 0 Å². The summed E-state index contributed by atoms with van der Waals surface area (Å²) in [6, 6.07) is 6.47. The van der Waals surface area contributed by atoms with Crippen LogP contribution in [-0.2, 0) is 0 Å². The van der Waals surface area contributed by atoms with Crippen LogP contribution >= 0.6 is 9.21 Å². The van der Waals surface area contributed by atoms with Crippen molar-refractivity contribution in [1.82, 2.24) is 0 Å². The number of allylic oxidation sites excluding steroid dienone is 6. The molecule has 0 radical (unpaired) electrons. The van der Waals surface area contributed by atoms with Gasteiger partial charge in [0.1, 0.15) is 0 Å². The summed E-state index contributed by atoms with van der Waals surface area (Å²) in [5, 5.41) is 0. The van der Waals surface area contributed by atoms with Crippen molar-refractivity contribution in [2.24, 2.45) is 0 Å². The number of hydrogen-bond donors (Lipinski definition) is 0. The molecule has 0 aromatic heterocycles. The lowest BCUT2D eigenvalue weighted by molar-refractivity contribution is 0.886. The highest BCUT2D eigenvalue weighted by molar-refractivity contribution is 8.27. The SMILES string of the molecule is C=C(C)C(=C)/C(C)=C\C(C)=C(C)C.C=S(=C)(C)c1cc(C)ccc1C.CCCC.CCCC. The van der Waals surface area contributed by atoms with E-state index in [-0.39, 0.29) is 0 Å². The van der Waals surface area contributed by atoms with Crippen LogP contribution in [0.1, 0.15) is 99.1 Å². The van der Waals surface area contributed by atoms with Crippen LogP contribution in [0.5, 0.6) is 0 Å². The van der Waals surface area contributed by atoms with Gasteiger partial charge in [-0.25, -0.2) is 0 Å². The van der Waals surface area contributed by atoms with Crippen molar-refractivity contribution in [3.05, 3.63) is 76.4 Å². The van der Waals surface area contributed by atoms with E-state index in [0.29, 0.717) is 0 Å². The van der Waals surface area contributed by atoms with Gasteiger partial charge in [0.25, 0.3) is 0 Å². The lowest BCUT2D eigenvalue weighted by atomic mass is 10.0. The Kier molecular flexibility index (Phi) is 21.4. The molecule has 0 saturated carbocycles. The van der Waals surface area contributed by atoms with Crippen LogP contribution < -0.4 is 0 Å². The van der Waals surface area contributed by atoms with Crippen LogP contribution in [0.25, 0.3) is 0 Å². The van der Waals surface area contributed by atoms with Gasteiger partial charge in [0.15, 0.2) is 0 Å². The van der Waals surface area contributed by atoms with Crippen molar-refractivity contribution in [3.8, 4) is 0 Å². The molecule has 0 fully saturated rings. The Morgan fingerprint density at radius 2 is 1.24 bits per heavy atom. The van der Waals surface area contributed by atoms with Gasteiger partial charge in [-0.15, -0.1) is 0 Å². The first-order valence-electron chi connectivity index (χ1n) is 12.3. The van der Waals surface area contributed by atoms with E-state index in [1.165, 1.54) is 58.4 Å². The van der Waals surface area contributed by atoms with E-state index in [1.54, 1.807) is 0 Å². The molecule has 1 heteroatoms. The first-order valence-corrected chi connectivity index (χ1v) is 14.7. The molecule has 1 aromatic carbocycles. The monoisotopic (exact) mass is 472 g/mol. The van der Waals surface area contributed by atoms with Gasteiger partial charge >= 0.3 is 0 Å². The van der Waals surface area contributed by atoms with Gasteiger partial charge < -0.3 is 0 Å². The second-order valence-corrected chi connectivity index (χ2v) is 12.3. The summed E-state index contributed by atoms with van der Waals surface area (Å²) in [7, 11) is -1.06. The lowest BCUT2D eigenvalue weighted by Gasteiger charge is -2.12. The number of benzene rings is 1. The highest BCUT2D eigenvalue weighted by Crippen LogP contribution is 2.31. The minimum Gasteiger partial charge on any atom is -0.190 e. The van der Waals surface area contributed by atoms with Gasteiger partial charge in [0.2, 0.25) is 0 Å². The van der Waals surface area contributed by atoms with Crippen LogP contribution in [0.2, 0.25) is 0 Å². The van der Waals surface area contributed by atoms with E-state index in [2.05, 4.69) is 125 Å². The van der Waals surface area contributed by atoms with Gasteiger partial charge in [0.05, 0.1) is 0 Å². The summed E-state index contributed by atoms with van der Waals surface area (Å²) in [4.78, 5) is 1.32. The fourth-order valence-corrected chi connectivity index (χ4v) is 3.45.